The quantitative estimate of drug-likeness (QED) is 0.725. The Hall–Kier alpha value is -0.650. The van der Waals surface area contributed by atoms with Crippen molar-refractivity contribution in [3.63, 3.8) is 0 Å². The average molecular weight is 231 g/mol. The van der Waals surface area contributed by atoms with Crippen molar-refractivity contribution in [1.82, 2.24) is 4.90 Å². The molecule has 0 bridgehead atoms. The molecule has 0 aromatic carbocycles. The second kappa shape index (κ2) is 6.18. The predicted molar refractivity (Wildman–Crippen MR) is 59.5 cm³/mol. The van der Waals surface area contributed by atoms with E-state index in [0.717, 1.165) is 19.5 Å². The highest BCUT2D eigenvalue weighted by molar-refractivity contribution is 5.67. The van der Waals surface area contributed by atoms with E-state index in [9.17, 15) is 4.79 Å². The molecule has 1 fully saturated rings. The smallest absolute Gasteiger partial charge is 0.304 e. The highest BCUT2D eigenvalue weighted by Gasteiger charge is 2.36. The molecule has 5 nitrogen and oxygen atoms in total. The first-order valence-corrected chi connectivity index (χ1v) is 5.63. The van der Waals surface area contributed by atoms with Crippen LogP contribution in [0.3, 0.4) is 0 Å². The third-order valence-electron chi connectivity index (χ3n) is 3.25. The first kappa shape index (κ1) is 13.4. The number of hydrogen-bond acceptors (Lipinski definition) is 4. The molecule has 0 aromatic rings. The topological polar surface area (TPSA) is 59.0 Å². The van der Waals surface area contributed by atoms with Gasteiger partial charge in [0.05, 0.1) is 18.6 Å². The number of aliphatic carboxylic acids is 1. The summed E-state index contributed by atoms with van der Waals surface area (Å²) in [7, 11) is 3.33. The number of ether oxygens (including phenoxy) is 2. The molecule has 1 N–H and O–H groups in total. The maximum atomic E-state index is 10.7. The largest absolute Gasteiger partial charge is 0.481 e. The number of carboxylic acids is 1. The molecule has 1 saturated heterocycles. The molecule has 1 heterocycles. The number of carboxylic acid groups (broad SMARTS) is 1. The number of nitrogens with zero attached hydrogens (tertiary/aromatic N) is 1. The number of methoxy groups -OCH3 is 2. The van der Waals surface area contributed by atoms with Gasteiger partial charge in [-0.1, -0.05) is 6.92 Å². The minimum atomic E-state index is -0.748. The first-order valence-electron chi connectivity index (χ1n) is 5.63. The molecule has 3 atom stereocenters. The molecular weight excluding hydrogens is 210 g/mol. The molecule has 0 saturated carbocycles. The Morgan fingerprint density at radius 1 is 1.38 bits per heavy atom. The number of carbonyl (C=O) groups is 1. The van der Waals surface area contributed by atoms with Crippen LogP contribution in [0.4, 0.5) is 0 Å². The molecule has 94 valence electrons. The van der Waals surface area contributed by atoms with Gasteiger partial charge in [0.2, 0.25) is 0 Å². The molecule has 1 aliphatic rings. The van der Waals surface area contributed by atoms with Crippen LogP contribution in [0.2, 0.25) is 0 Å². The van der Waals surface area contributed by atoms with Crippen molar-refractivity contribution in [3.8, 4) is 0 Å². The van der Waals surface area contributed by atoms with Crippen LogP contribution in [0.25, 0.3) is 0 Å². The monoisotopic (exact) mass is 231 g/mol. The van der Waals surface area contributed by atoms with Crippen LogP contribution in [-0.4, -0.2) is 61.5 Å². The highest BCUT2D eigenvalue weighted by atomic mass is 16.5. The van der Waals surface area contributed by atoms with E-state index in [-0.39, 0.29) is 24.7 Å². The Bertz CT molecular complexity index is 222. The normalized spacial score (nSPS) is 28.2. The van der Waals surface area contributed by atoms with Crippen LogP contribution in [0.1, 0.15) is 19.8 Å². The van der Waals surface area contributed by atoms with Gasteiger partial charge >= 0.3 is 5.97 Å². The summed E-state index contributed by atoms with van der Waals surface area (Å²) in [4.78, 5) is 12.9. The number of hydrogen-bond donors (Lipinski definition) is 1. The van der Waals surface area contributed by atoms with Gasteiger partial charge in [0, 0.05) is 33.4 Å². The van der Waals surface area contributed by atoms with Gasteiger partial charge in [0.25, 0.3) is 0 Å². The standard InChI is InChI=1S/C11H21NO4/c1-4-8(5-11(13)14)12-6-9(15-2)10(7-12)16-3/h8-10H,4-7H2,1-3H3,(H,13,14). The van der Waals surface area contributed by atoms with Crippen LogP contribution in [0.15, 0.2) is 0 Å². The van der Waals surface area contributed by atoms with Crippen LogP contribution >= 0.6 is 0 Å². The van der Waals surface area contributed by atoms with Gasteiger partial charge in [0.15, 0.2) is 0 Å². The molecule has 3 unspecified atom stereocenters. The van der Waals surface area contributed by atoms with Crippen LogP contribution in [0.5, 0.6) is 0 Å². The molecule has 0 aliphatic carbocycles. The maximum Gasteiger partial charge on any atom is 0.304 e. The van der Waals surface area contributed by atoms with E-state index < -0.39 is 5.97 Å². The minimum absolute atomic E-state index is 0.0489. The van der Waals surface area contributed by atoms with Gasteiger partial charge in [-0.3, -0.25) is 9.69 Å². The molecular formula is C11H21NO4. The van der Waals surface area contributed by atoms with E-state index in [1.54, 1.807) is 14.2 Å². The van der Waals surface area contributed by atoms with Crippen LogP contribution < -0.4 is 0 Å². The van der Waals surface area contributed by atoms with Crippen molar-refractivity contribution in [2.75, 3.05) is 27.3 Å². The van der Waals surface area contributed by atoms with Gasteiger partial charge < -0.3 is 14.6 Å². The molecule has 0 spiro atoms. The Balaban J connectivity index is 2.57. The maximum absolute atomic E-state index is 10.7. The zero-order chi connectivity index (χ0) is 12.1. The SMILES string of the molecule is CCC(CC(=O)O)N1CC(OC)C(OC)C1. The van der Waals surface area contributed by atoms with Crippen molar-refractivity contribution in [1.29, 1.82) is 0 Å². The van der Waals surface area contributed by atoms with E-state index in [1.165, 1.54) is 0 Å². The zero-order valence-corrected chi connectivity index (χ0v) is 10.2. The highest BCUT2D eigenvalue weighted by Crippen LogP contribution is 2.21. The van der Waals surface area contributed by atoms with E-state index in [1.807, 2.05) is 6.92 Å². The minimum Gasteiger partial charge on any atom is -0.481 e. The lowest BCUT2D eigenvalue weighted by Crippen LogP contribution is -2.35. The molecule has 0 radical (unpaired) electrons. The lowest BCUT2D eigenvalue weighted by atomic mass is 10.1. The van der Waals surface area contributed by atoms with Gasteiger partial charge in [-0.25, -0.2) is 0 Å². The Morgan fingerprint density at radius 3 is 2.19 bits per heavy atom. The predicted octanol–water partition coefficient (Wildman–Crippen LogP) is 0.585. The lowest BCUT2D eigenvalue weighted by Gasteiger charge is -2.24. The summed E-state index contributed by atoms with van der Waals surface area (Å²) in [6.07, 6.45) is 1.11. The Labute approximate surface area is 96.3 Å². The zero-order valence-electron chi connectivity index (χ0n) is 10.2. The third-order valence-corrected chi connectivity index (χ3v) is 3.25. The second-order valence-electron chi connectivity index (χ2n) is 4.16. The first-order chi connectivity index (χ1) is 7.62. The summed E-state index contributed by atoms with van der Waals surface area (Å²) in [5.41, 5.74) is 0. The van der Waals surface area contributed by atoms with E-state index in [0.29, 0.717) is 0 Å². The van der Waals surface area contributed by atoms with Crippen molar-refractivity contribution in [3.05, 3.63) is 0 Å². The summed E-state index contributed by atoms with van der Waals surface area (Å²) < 4.78 is 10.7. The lowest BCUT2D eigenvalue weighted by molar-refractivity contribution is -0.138. The molecule has 0 aromatic heterocycles. The summed E-state index contributed by atoms with van der Waals surface area (Å²) in [6, 6.07) is 0.0790. The van der Waals surface area contributed by atoms with E-state index >= 15 is 0 Å². The third kappa shape index (κ3) is 3.17. The van der Waals surface area contributed by atoms with E-state index in [2.05, 4.69) is 4.90 Å². The van der Waals surface area contributed by atoms with Crippen molar-refractivity contribution in [2.45, 2.75) is 38.0 Å². The van der Waals surface area contributed by atoms with Crippen molar-refractivity contribution >= 4 is 5.97 Å². The van der Waals surface area contributed by atoms with Crippen LogP contribution in [0, 0.1) is 0 Å². The van der Waals surface area contributed by atoms with Gasteiger partial charge in [-0.15, -0.1) is 0 Å². The second-order valence-corrected chi connectivity index (χ2v) is 4.16. The molecule has 0 amide bonds. The van der Waals surface area contributed by atoms with Gasteiger partial charge in [-0.05, 0) is 6.42 Å². The van der Waals surface area contributed by atoms with Crippen molar-refractivity contribution < 1.29 is 19.4 Å². The fourth-order valence-electron chi connectivity index (χ4n) is 2.26. The molecule has 1 rings (SSSR count). The Morgan fingerprint density at radius 2 is 1.88 bits per heavy atom. The number of likely N-dealkylation sites (tertiary alicyclic amines) is 1. The summed E-state index contributed by atoms with van der Waals surface area (Å²) in [5, 5.41) is 8.83. The van der Waals surface area contributed by atoms with Crippen LogP contribution in [-0.2, 0) is 14.3 Å². The summed E-state index contributed by atoms with van der Waals surface area (Å²) in [5.74, 6) is -0.748. The summed E-state index contributed by atoms with van der Waals surface area (Å²) in [6.45, 7) is 3.51. The molecule has 1 aliphatic heterocycles. The molecule has 5 heteroatoms. The van der Waals surface area contributed by atoms with E-state index in [4.69, 9.17) is 14.6 Å². The Kier molecular flexibility index (Phi) is 5.18. The van der Waals surface area contributed by atoms with Gasteiger partial charge in [-0.2, -0.15) is 0 Å². The fourth-order valence-corrected chi connectivity index (χ4v) is 2.26. The fraction of sp³-hybridized carbons (Fsp3) is 0.909. The number of rotatable bonds is 6. The molecule has 16 heavy (non-hydrogen) atoms. The van der Waals surface area contributed by atoms with Crippen molar-refractivity contribution in [2.24, 2.45) is 0 Å². The van der Waals surface area contributed by atoms with Gasteiger partial charge in [0.1, 0.15) is 0 Å². The average Bonchev–Trinajstić information content (AvgIpc) is 2.68. The summed E-state index contributed by atoms with van der Waals surface area (Å²) >= 11 is 0.